The van der Waals surface area contributed by atoms with Crippen LogP contribution in [0.15, 0.2) is 216 Å². The van der Waals surface area contributed by atoms with E-state index in [0.29, 0.717) is 72.4 Å². The summed E-state index contributed by atoms with van der Waals surface area (Å²) in [5.74, 6) is 3.35. The van der Waals surface area contributed by atoms with Crippen molar-refractivity contribution in [1.82, 2.24) is 59.7 Å². The number of carbonyl (C=O) groups is 2. The van der Waals surface area contributed by atoms with Gasteiger partial charge in [0, 0.05) is 166 Å². The van der Waals surface area contributed by atoms with E-state index in [0.717, 1.165) is 192 Å². The normalized spacial score (nSPS) is 14.2. The molecule has 0 atom stereocenters. The van der Waals surface area contributed by atoms with Crippen molar-refractivity contribution in [3.8, 4) is 5.75 Å². The Bertz CT molecular complexity index is 6410. The summed E-state index contributed by atoms with van der Waals surface area (Å²) in [6.07, 6.45) is 10.2. The second kappa shape index (κ2) is 44.3. The van der Waals surface area contributed by atoms with Crippen molar-refractivity contribution in [3.63, 3.8) is 0 Å². The number of aryl methyl sites for hydroxylation is 4. The van der Waals surface area contributed by atoms with Crippen LogP contribution in [0.5, 0.6) is 5.75 Å². The zero-order valence-corrected chi connectivity index (χ0v) is 80.2. The monoisotopic (exact) mass is 1860 g/mol. The number of nitrogens with one attached hydrogen (secondary N) is 6. The molecule has 2 aliphatic carbocycles. The lowest BCUT2D eigenvalue weighted by Crippen LogP contribution is -2.44. The molecule has 0 spiro atoms. The number of likely N-dealkylation sites (N-methyl/N-ethyl adjacent to an activating group) is 2. The van der Waals surface area contributed by atoms with Crippen molar-refractivity contribution < 1.29 is 44.7 Å². The van der Waals surface area contributed by atoms with Crippen LogP contribution in [0, 0.1) is 47.5 Å². The molecule has 4 fully saturated rings. The lowest BCUT2D eigenvalue weighted by Gasteiger charge is -2.34. The quantitative estimate of drug-likeness (QED) is 0.0200. The van der Waals surface area contributed by atoms with Gasteiger partial charge in [-0.3, -0.25) is 9.59 Å². The van der Waals surface area contributed by atoms with Gasteiger partial charge in [-0.15, -0.1) is 0 Å². The fourth-order valence-electron chi connectivity index (χ4n) is 15.2. The summed E-state index contributed by atoms with van der Waals surface area (Å²) in [7, 11) is -4.48. The van der Waals surface area contributed by atoms with Gasteiger partial charge in [0.1, 0.15) is 11.5 Å². The van der Waals surface area contributed by atoms with E-state index in [-0.39, 0.29) is 39.9 Å². The maximum Gasteiger partial charge on any atom is 0.251 e. The summed E-state index contributed by atoms with van der Waals surface area (Å²) in [6.45, 7) is 25.8. The van der Waals surface area contributed by atoms with E-state index >= 15 is 0 Å². The maximum atomic E-state index is 12.8. The van der Waals surface area contributed by atoms with E-state index in [1.165, 1.54) is 23.0 Å². The molecule has 8 aromatic carbocycles. The van der Waals surface area contributed by atoms with Gasteiger partial charge in [0.05, 0.1) is 57.3 Å². The second-order valence-electron chi connectivity index (χ2n) is 35.5. The predicted octanol–water partition coefficient (Wildman–Crippen LogP) is 14.7. The minimum Gasteiger partial charge on any atom is -0.497 e. The van der Waals surface area contributed by atoms with Gasteiger partial charge in [0.15, 0.2) is 9.84 Å². The van der Waals surface area contributed by atoms with Gasteiger partial charge in [0.25, 0.3) is 5.91 Å². The standard InChI is InChI=1S/C28H33N5O.C27H33N5O2S.C26H33N5O4S.C20H22N4O3S/c1-20-19-29-28(30-24-8-10-25(11-9-24)33-14-12-32(2)13-15-33)31-26(20)17-21-4-3-5-22(16-21)18-27(34)23-6-7-23;1-20-18-28-27(29-23-6-8-24(9-7-23)32-14-12-31(2)13-15-32)30-26(20)17-21-4-3-5-22(16-21)19-35(33,34)25-10-11-25;1-17-18(2)28-25(29-21-11-9-20(10-12-21)24(33)27-13-14-32)30-23(17)16-19-7-6-8-22(15-19)36(34,35)31-26(3,4)5;1-13-14(2)22-20(23-16-7-9-17(27-3)10-8-16)24-19(13)12-15-5-4-6-18(11-15)28(21,25)26/h3-5,8-11,16,19,23H,6-7,12-15,17-18H2,1-2H3,(H,29,30,31);3-9,16,18,25H,10-15,17,19H2,1-2H3,(H,28,29,30);6-12,15,31-32H,13-14,16H2,1-5H3,(H,27,33)(H,28,29,30);4-11H,12H2,1-3H3,(H2,21,25,26)(H,22,23,24). The number of primary sulfonamides is 1. The highest BCUT2D eigenvalue weighted by atomic mass is 32.2. The van der Waals surface area contributed by atoms with Crippen LogP contribution in [0.1, 0.15) is 147 Å². The number of methoxy groups -OCH3 is 1. The lowest BCUT2D eigenvalue weighted by molar-refractivity contribution is -0.119. The summed E-state index contributed by atoms with van der Waals surface area (Å²) < 4.78 is 81.4. The maximum absolute atomic E-state index is 12.8. The molecule has 12 aromatic rings. The number of aromatic nitrogens is 8. The molecule has 32 heteroatoms. The van der Waals surface area contributed by atoms with Gasteiger partial charge in [-0.05, 0) is 279 Å². The number of nitrogens with zero attached hydrogens (tertiary/aromatic N) is 12. The van der Waals surface area contributed by atoms with Crippen molar-refractivity contribution in [2.75, 3.05) is 118 Å². The van der Waals surface area contributed by atoms with Crippen molar-refractivity contribution in [1.29, 1.82) is 0 Å². The number of carbonyl (C=O) groups excluding carboxylic acids is 2. The summed E-state index contributed by atoms with van der Waals surface area (Å²) in [5, 5.41) is 29.6. The number of benzene rings is 8. The van der Waals surface area contributed by atoms with Gasteiger partial charge in [-0.25, -0.2) is 75.0 Å². The Morgan fingerprint density at radius 2 is 0.857 bits per heavy atom. The minimum absolute atomic E-state index is 0.0880. The lowest BCUT2D eigenvalue weighted by atomic mass is 10.0. The highest BCUT2D eigenvalue weighted by molar-refractivity contribution is 7.91. The van der Waals surface area contributed by atoms with Crippen molar-refractivity contribution in [2.45, 2.75) is 146 Å². The average Bonchev–Trinajstić information content (AvgIpc) is 0.998. The van der Waals surface area contributed by atoms with Gasteiger partial charge < -0.3 is 56.0 Å². The molecule has 2 saturated carbocycles. The smallest absolute Gasteiger partial charge is 0.251 e. The molecular weight excluding hydrogens is 1740 g/mol. The number of Topliss-reactive ketones (excluding diaryl/α,β-unsaturated/α-hetero) is 1. The number of sulfonamides is 2. The molecule has 29 nitrogen and oxygen atoms in total. The SMILES string of the molecule is COc1ccc(Nc2nc(C)c(C)c(Cc3cccc(S(N)(=O)=O)c3)n2)cc1.Cc1cnc(Nc2ccc(N3CCN(C)CC3)cc2)nc1Cc1cccc(CC(=O)C2CC2)c1.Cc1cnc(Nc2ccc(N3CCN(C)CC3)cc2)nc1Cc1cccc(CS(=O)(=O)C2CC2)c1.Cc1nc(Nc2ccc(C(=O)NCCO)cc2)nc(Cc2cccc(S(=O)(=O)NC(C)(C)C)c2)c1C. The number of hydrogen-bond donors (Lipinski definition) is 8. The predicted molar refractivity (Wildman–Crippen MR) is 526 cm³/mol. The van der Waals surface area contributed by atoms with E-state index in [9.17, 15) is 34.8 Å². The fourth-order valence-corrected chi connectivity index (χ4v) is 19.0. The zero-order valence-electron chi connectivity index (χ0n) is 77.7. The van der Waals surface area contributed by atoms with Crippen LogP contribution in [0.2, 0.25) is 0 Å². The van der Waals surface area contributed by atoms with Crippen LogP contribution >= 0.6 is 0 Å². The molecule has 4 aromatic heterocycles. The van der Waals surface area contributed by atoms with Crippen LogP contribution in [-0.2, 0) is 72.5 Å². The van der Waals surface area contributed by atoms with Crippen LogP contribution in [-0.4, -0.2) is 189 Å². The molecule has 698 valence electrons. The number of aliphatic hydroxyl groups is 1. The number of nitrogens with two attached hydrogens (primary N) is 1. The first kappa shape index (κ1) is 98.0. The second-order valence-corrected chi connectivity index (χ2v) is 41.0. The number of ether oxygens (including phenoxy) is 1. The fraction of sp³-hybridized carbons (Fsp3) is 0.347. The molecule has 133 heavy (non-hydrogen) atoms. The number of aliphatic hydroxyl groups excluding tert-OH is 1. The molecular formula is C101H121N19O10S3. The number of amides is 1. The number of rotatable bonds is 31. The van der Waals surface area contributed by atoms with Gasteiger partial charge in [-0.2, -0.15) is 0 Å². The molecule has 9 N–H and O–H groups in total. The first-order valence-electron chi connectivity index (χ1n) is 44.8. The van der Waals surface area contributed by atoms with E-state index in [2.05, 4.69) is 162 Å². The Hall–Kier alpha value is -12.5. The van der Waals surface area contributed by atoms with Crippen LogP contribution < -0.4 is 51.0 Å². The molecule has 0 unspecified atom stereocenters. The largest absolute Gasteiger partial charge is 0.497 e. The van der Waals surface area contributed by atoms with E-state index in [4.69, 9.17) is 25.0 Å². The Balaban J connectivity index is 0.000000151. The van der Waals surface area contributed by atoms with Gasteiger partial charge in [0.2, 0.25) is 43.8 Å². The Kier molecular flexibility index (Phi) is 32.7. The average molecular weight is 1860 g/mol. The highest BCUT2D eigenvalue weighted by Crippen LogP contribution is 2.34. The molecule has 2 aliphatic heterocycles. The van der Waals surface area contributed by atoms with Crippen LogP contribution in [0.25, 0.3) is 0 Å². The molecule has 4 aliphatic rings. The third-order valence-electron chi connectivity index (χ3n) is 23.4. The van der Waals surface area contributed by atoms with Gasteiger partial charge >= 0.3 is 0 Å². The van der Waals surface area contributed by atoms with E-state index in [1.807, 2.05) is 121 Å². The summed E-state index contributed by atoms with van der Waals surface area (Å²) in [5.41, 5.74) is 20.8. The van der Waals surface area contributed by atoms with E-state index in [1.54, 1.807) is 82.5 Å². The summed E-state index contributed by atoms with van der Waals surface area (Å²) in [4.78, 5) is 71.0. The van der Waals surface area contributed by atoms with Gasteiger partial charge in [-0.1, -0.05) is 72.8 Å². The Labute approximate surface area is 781 Å². The van der Waals surface area contributed by atoms with Crippen molar-refractivity contribution in [2.24, 2.45) is 11.1 Å². The molecule has 2 saturated heterocycles. The first-order valence-corrected chi connectivity index (χ1v) is 49.5. The number of sulfone groups is 1. The third-order valence-corrected chi connectivity index (χ3v) is 28.3. The molecule has 6 heterocycles. The Morgan fingerprint density at radius 3 is 1.29 bits per heavy atom. The minimum atomic E-state index is -3.75. The van der Waals surface area contributed by atoms with E-state index < -0.39 is 35.4 Å². The highest BCUT2D eigenvalue weighted by Gasteiger charge is 2.36. The molecule has 1 amide bonds. The molecule has 16 rings (SSSR count). The topological polar surface area (TPSA) is 380 Å². The number of hydrogen-bond acceptors (Lipinski definition) is 26. The number of piperazine rings is 2. The summed E-state index contributed by atoms with van der Waals surface area (Å²) in [6, 6.07) is 60.9. The third kappa shape index (κ3) is 29.0. The zero-order chi connectivity index (χ0) is 94.7. The van der Waals surface area contributed by atoms with Crippen molar-refractivity contribution in [3.05, 3.63) is 302 Å². The molecule has 0 bridgehead atoms. The molecule has 0 radical (unpaired) electrons. The summed E-state index contributed by atoms with van der Waals surface area (Å²) >= 11 is 0. The number of anilines is 10. The van der Waals surface area contributed by atoms with Crippen LogP contribution in [0.3, 0.4) is 0 Å². The van der Waals surface area contributed by atoms with Crippen molar-refractivity contribution >= 4 is 99.5 Å². The Morgan fingerprint density at radius 1 is 0.466 bits per heavy atom. The number of ketones is 1. The van der Waals surface area contributed by atoms with Crippen LogP contribution in [0.4, 0.5) is 57.9 Å². The first-order chi connectivity index (χ1) is 63.5.